The largest absolute Gasteiger partial charge is 0.380 e. The first-order valence-corrected chi connectivity index (χ1v) is 5.72. The SMILES string of the molecule is NC(COCC1CC1)Cc1ccccc1. The van der Waals surface area contributed by atoms with Crippen molar-refractivity contribution in [3.8, 4) is 0 Å². The third-order valence-corrected chi connectivity index (χ3v) is 2.72. The van der Waals surface area contributed by atoms with Gasteiger partial charge in [-0.25, -0.2) is 0 Å². The second-order valence-corrected chi connectivity index (χ2v) is 4.43. The molecule has 2 N–H and O–H groups in total. The summed E-state index contributed by atoms with van der Waals surface area (Å²) < 4.78 is 5.57. The molecule has 0 bridgehead atoms. The fraction of sp³-hybridized carbons (Fsp3) is 0.538. The Balaban J connectivity index is 1.65. The maximum Gasteiger partial charge on any atom is 0.0620 e. The zero-order valence-corrected chi connectivity index (χ0v) is 9.06. The molecule has 1 aromatic carbocycles. The summed E-state index contributed by atoms with van der Waals surface area (Å²) in [7, 11) is 0. The molecule has 2 rings (SSSR count). The summed E-state index contributed by atoms with van der Waals surface area (Å²) in [5.41, 5.74) is 7.28. The van der Waals surface area contributed by atoms with Crippen LogP contribution in [-0.4, -0.2) is 19.3 Å². The van der Waals surface area contributed by atoms with Gasteiger partial charge >= 0.3 is 0 Å². The van der Waals surface area contributed by atoms with Crippen molar-refractivity contribution in [3.05, 3.63) is 35.9 Å². The highest BCUT2D eigenvalue weighted by Gasteiger charge is 2.21. The predicted octanol–water partition coefficient (Wildman–Crippen LogP) is 1.98. The summed E-state index contributed by atoms with van der Waals surface area (Å²) in [6.45, 7) is 1.59. The van der Waals surface area contributed by atoms with E-state index < -0.39 is 0 Å². The number of hydrogen-bond donors (Lipinski definition) is 1. The molecule has 1 aliphatic carbocycles. The molecular formula is C13H19NO. The van der Waals surface area contributed by atoms with Gasteiger partial charge in [-0.2, -0.15) is 0 Å². The Morgan fingerprint density at radius 2 is 2.00 bits per heavy atom. The van der Waals surface area contributed by atoms with Crippen molar-refractivity contribution in [2.45, 2.75) is 25.3 Å². The number of nitrogens with two attached hydrogens (primary N) is 1. The van der Waals surface area contributed by atoms with Crippen molar-refractivity contribution in [1.82, 2.24) is 0 Å². The second-order valence-electron chi connectivity index (χ2n) is 4.43. The molecule has 15 heavy (non-hydrogen) atoms. The molecule has 0 radical (unpaired) electrons. The minimum atomic E-state index is 0.131. The minimum Gasteiger partial charge on any atom is -0.380 e. The smallest absolute Gasteiger partial charge is 0.0620 e. The number of rotatable bonds is 6. The minimum absolute atomic E-state index is 0.131. The van der Waals surface area contributed by atoms with Gasteiger partial charge in [0.1, 0.15) is 0 Å². The molecule has 1 atom stereocenters. The van der Waals surface area contributed by atoms with E-state index in [0.717, 1.165) is 18.9 Å². The van der Waals surface area contributed by atoms with Crippen molar-refractivity contribution < 1.29 is 4.74 Å². The van der Waals surface area contributed by atoms with Crippen LogP contribution in [0.4, 0.5) is 0 Å². The van der Waals surface area contributed by atoms with E-state index in [1.165, 1.54) is 18.4 Å². The van der Waals surface area contributed by atoms with E-state index in [-0.39, 0.29) is 6.04 Å². The van der Waals surface area contributed by atoms with Crippen LogP contribution in [0.5, 0.6) is 0 Å². The van der Waals surface area contributed by atoms with Crippen LogP contribution in [0, 0.1) is 5.92 Å². The maximum absolute atomic E-state index is 5.99. The van der Waals surface area contributed by atoms with Gasteiger partial charge in [-0.1, -0.05) is 30.3 Å². The highest BCUT2D eigenvalue weighted by atomic mass is 16.5. The van der Waals surface area contributed by atoms with Gasteiger partial charge in [-0.3, -0.25) is 0 Å². The van der Waals surface area contributed by atoms with Crippen LogP contribution in [0.15, 0.2) is 30.3 Å². The molecule has 2 nitrogen and oxygen atoms in total. The first-order valence-electron chi connectivity index (χ1n) is 5.72. The molecule has 0 saturated heterocycles. The topological polar surface area (TPSA) is 35.2 Å². The van der Waals surface area contributed by atoms with Crippen LogP contribution in [0.1, 0.15) is 18.4 Å². The van der Waals surface area contributed by atoms with E-state index in [9.17, 15) is 0 Å². The van der Waals surface area contributed by atoms with Crippen LogP contribution < -0.4 is 5.73 Å². The average Bonchev–Trinajstić information content (AvgIpc) is 3.03. The lowest BCUT2D eigenvalue weighted by Crippen LogP contribution is -2.29. The molecule has 0 spiro atoms. The Labute approximate surface area is 91.4 Å². The van der Waals surface area contributed by atoms with Gasteiger partial charge in [-0.15, -0.1) is 0 Å². The van der Waals surface area contributed by atoms with E-state index in [0.29, 0.717) is 6.61 Å². The fourth-order valence-electron chi connectivity index (χ4n) is 1.65. The predicted molar refractivity (Wildman–Crippen MR) is 61.7 cm³/mol. The molecule has 0 heterocycles. The van der Waals surface area contributed by atoms with E-state index in [1.54, 1.807) is 0 Å². The van der Waals surface area contributed by atoms with Gasteiger partial charge in [0.2, 0.25) is 0 Å². The first-order chi connectivity index (χ1) is 7.34. The third kappa shape index (κ3) is 4.02. The average molecular weight is 205 g/mol. The van der Waals surface area contributed by atoms with Crippen molar-refractivity contribution in [2.24, 2.45) is 11.7 Å². The van der Waals surface area contributed by atoms with Crippen LogP contribution in [0.25, 0.3) is 0 Å². The van der Waals surface area contributed by atoms with Crippen LogP contribution in [-0.2, 0) is 11.2 Å². The first kappa shape index (κ1) is 10.7. The van der Waals surface area contributed by atoms with E-state index in [1.807, 2.05) is 18.2 Å². The standard InChI is InChI=1S/C13H19NO/c14-13(10-15-9-12-6-7-12)8-11-4-2-1-3-5-11/h1-5,12-13H,6-10,14H2. The monoisotopic (exact) mass is 205 g/mol. The van der Waals surface area contributed by atoms with E-state index >= 15 is 0 Å². The van der Waals surface area contributed by atoms with Gasteiger partial charge in [0.05, 0.1) is 6.61 Å². The lowest BCUT2D eigenvalue weighted by molar-refractivity contribution is 0.112. The maximum atomic E-state index is 5.99. The lowest BCUT2D eigenvalue weighted by Gasteiger charge is -2.11. The van der Waals surface area contributed by atoms with Crippen molar-refractivity contribution in [1.29, 1.82) is 0 Å². The van der Waals surface area contributed by atoms with Crippen LogP contribution >= 0.6 is 0 Å². The Bertz CT molecular complexity index is 282. The van der Waals surface area contributed by atoms with E-state index in [4.69, 9.17) is 10.5 Å². The fourth-order valence-corrected chi connectivity index (χ4v) is 1.65. The van der Waals surface area contributed by atoms with Crippen molar-refractivity contribution in [3.63, 3.8) is 0 Å². The van der Waals surface area contributed by atoms with Crippen LogP contribution in [0.3, 0.4) is 0 Å². The molecule has 1 aliphatic rings. The van der Waals surface area contributed by atoms with Crippen molar-refractivity contribution >= 4 is 0 Å². The molecule has 0 aromatic heterocycles. The van der Waals surface area contributed by atoms with E-state index in [2.05, 4.69) is 12.1 Å². The molecule has 0 aliphatic heterocycles. The lowest BCUT2D eigenvalue weighted by atomic mass is 10.1. The normalized spacial score (nSPS) is 17.7. The Kier molecular flexibility index (Phi) is 3.75. The molecule has 1 fully saturated rings. The Morgan fingerprint density at radius 3 is 2.67 bits per heavy atom. The molecule has 1 saturated carbocycles. The quantitative estimate of drug-likeness (QED) is 0.770. The summed E-state index contributed by atoms with van der Waals surface area (Å²) in [6.07, 6.45) is 3.59. The zero-order valence-electron chi connectivity index (χ0n) is 9.06. The number of ether oxygens (including phenoxy) is 1. The number of hydrogen-bond acceptors (Lipinski definition) is 2. The molecule has 1 aromatic rings. The van der Waals surface area contributed by atoms with Crippen LogP contribution in [0.2, 0.25) is 0 Å². The summed E-state index contributed by atoms with van der Waals surface area (Å²) >= 11 is 0. The highest BCUT2D eigenvalue weighted by molar-refractivity contribution is 5.15. The number of benzene rings is 1. The summed E-state index contributed by atoms with van der Waals surface area (Å²) in [4.78, 5) is 0. The van der Waals surface area contributed by atoms with Gasteiger partial charge < -0.3 is 10.5 Å². The van der Waals surface area contributed by atoms with Gasteiger partial charge in [0, 0.05) is 12.6 Å². The zero-order chi connectivity index (χ0) is 10.5. The summed E-state index contributed by atoms with van der Waals surface area (Å²) in [5.74, 6) is 0.828. The molecular weight excluding hydrogens is 186 g/mol. The Morgan fingerprint density at radius 1 is 1.27 bits per heavy atom. The molecule has 0 amide bonds. The Hall–Kier alpha value is -0.860. The van der Waals surface area contributed by atoms with Gasteiger partial charge in [-0.05, 0) is 30.7 Å². The molecule has 1 unspecified atom stereocenters. The van der Waals surface area contributed by atoms with Crippen molar-refractivity contribution in [2.75, 3.05) is 13.2 Å². The third-order valence-electron chi connectivity index (χ3n) is 2.72. The molecule has 2 heteroatoms. The summed E-state index contributed by atoms with van der Waals surface area (Å²) in [6, 6.07) is 10.5. The van der Waals surface area contributed by atoms with Gasteiger partial charge in [0.15, 0.2) is 0 Å². The highest BCUT2D eigenvalue weighted by Crippen LogP contribution is 2.28. The summed E-state index contributed by atoms with van der Waals surface area (Å²) in [5, 5.41) is 0. The van der Waals surface area contributed by atoms with Gasteiger partial charge in [0.25, 0.3) is 0 Å². The second kappa shape index (κ2) is 5.29. The molecule has 82 valence electrons.